The van der Waals surface area contributed by atoms with E-state index in [1.54, 1.807) is 0 Å². The van der Waals surface area contributed by atoms with Crippen molar-refractivity contribution in [1.82, 2.24) is 4.90 Å². The molecule has 0 aliphatic carbocycles. The van der Waals surface area contributed by atoms with E-state index >= 15 is 0 Å². The van der Waals surface area contributed by atoms with Crippen molar-refractivity contribution >= 4 is 19.7 Å². The predicted octanol–water partition coefficient (Wildman–Crippen LogP) is -0.732. The third kappa shape index (κ3) is 3.23. The zero-order valence-corrected chi connectivity index (χ0v) is 11.9. The molecule has 0 aromatic heterocycles. The average molecular weight is 297 g/mol. The summed E-state index contributed by atoms with van der Waals surface area (Å²) in [7, 11) is -6.96. The van der Waals surface area contributed by atoms with Gasteiger partial charge in [-0.25, -0.2) is 16.8 Å². The van der Waals surface area contributed by atoms with Gasteiger partial charge in [0.25, 0.3) is 0 Å². The lowest BCUT2D eigenvalue weighted by Crippen LogP contribution is -2.43. The molecule has 0 amide bonds. The van der Waals surface area contributed by atoms with Crippen LogP contribution in [0.3, 0.4) is 0 Å². The van der Waals surface area contributed by atoms with Crippen LogP contribution in [0.15, 0.2) is 0 Å². The molecule has 0 unspecified atom stereocenters. The summed E-state index contributed by atoms with van der Waals surface area (Å²) < 4.78 is 51.4. The Morgan fingerprint density at radius 3 is 2.11 bits per heavy atom. The molecule has 0 atom stereocenters. The lowest BCUT2D eigenvalue weighted by molar-refractivity contribution is 0.0378. The van der Waals surface area contributed by atoms with E-state index in [2.05, 4.69) is 4.90 Å². The molecule has 2 aliphatic heterocycles. The molecular weight excluding hydrogens is 278 g/mol. The van der Waals surface area contributed by atoms with E-state index in [0.717, 1.165) is 13.1 Å². The molecule has 2 rings (SSSR count). The molecule has 8 heteroatoms. The van der Waals surface area contributed by atoms with E-state index < -0.39 is 24.3 Å². The molecule has 0 aromatic carbocycles. The fraction of sp³-hybridized carbons (Fsp3) is 1.00. The highest BCUT2D eigenvalue weighted by molar-refractivity contribution is 8.09. The first-order valence-electron chi connectivity index (χ1n) is 6.15. The van der Waals surface area contributed by atoms with Crippen LogP contribution in [0.25, 0.3) is 0 Å². The highest BCUT2D eigenvalue weighted by Crippen LogP contribution is 2.23. The van der Waals surface area contributed by atoms with E-state index in [1.807, 2.05) is 0 Å². The summed E-state index contributed by atoms with van der Waals surface area (Å²) in [6.45, 7) is 3.25. The molecule has 2 saturated heterocycles. The Bertz CT molecular complexity index is 444. The van der Waals surface area contributed by atoms with Crippen LogP contribution < -0.4 is 0 Å². The number of nitrogens with zero attached hydrogens (tertiary/aromatic N) is 1. The summed E-state index contributed by atoms with van der Waals surface area (Å²) in [4.78, 5) is 2.06. The van der Waals surface area contributed by atoms with Gasteiger partial charge >= 0.3 is 0 Å². The molecule has 6 nitrogen and oxygen atoms in total. The van der Waals surface area contributed by atoms with Crippen molar-refractivity contribution in [3.8, 4) is 0 Å². The summed E-state index contributed by atoms with van der Waals surface area (Å²) in [5.41, 5.74) is 0. The van der Waals surface area contributed by atoms with Crippen LogP contribution in [0.5, 0.6) is 0 Å². The Hall–Kier alpha value is -0.180. The Balaban J connectivity index is 2.01. The Morgan fingerprint density at radius 1 is 1.00 bits per heavy atom. The molecule has 0 radical (unpaired) electrons. The van der Waals surface area contributed by atoms with Crippen LogP contribution in [0, 0.1) is 0 Å². The van der Waals surface area contributed by atoms with Crippen molar-refractivity contribution in [1.29, 1.82) is 0 Å². The van der Waals surface area contributed by atoms with Crippen LogP contribution in [-0.2, 0) is 24.4 Å². The molecule has 0 N–H and O–H groups in total. The minimum absolute atomic E-state index is 0.00000772. The highest BCUT2D eigenvalue weighted by atomic mass is 32.3. The Kier molecular flexibility index (Phi) is 4.30. The minimum atomic E-state index is -3.48. The standard InChI is InChI=1S/C10H19NO5S2/c12-17(13)8-1-9-18(14,15)10(17)2-3-11-4-6-16-7-5-11/h10H,1-9H2. The van der Waals surface area contributed by atoms with Gasteiger partial charge in [0, 0.05) is 19.6 Å². The van der Waals surface area contributed by atoms with Gasteiger partial charge in [-0.15, -0.1) is 0 Å². The molecule has 18 heavy (non-hydrogen) atoms. The van der Waals surface area contributed by atoms with Crippen molar-refractivity contribution in [2.45, 2.75) is 17.4 Å². The molecule has 2 fully saturated rings. The van der Waals surface area contributed by atoms with Gasteiger partial charge in [0.1, 0.15) is 0 Å². The van der Waals surface area contributed by atoms with Crippen molar-refractivity contribution in [2.75, 3.05) is 44.4 Å². The lowest BCUT2D eigenvalue weighted by Gasteiger charge is -2.29. The maximum Gasteiger partial charge on any atom is 0.167 e. The Morgan fingerprint density at radius 2 is 1.56 bits per heavy atom. The number of hydrogen-bond donors (Lipinski definition) is 0. The maximum absolute atomic E-state index is 11.8. The molecular formula is C10H19NO5S2. The van der Waals surface area contributed by atoms with Gasteiger partial charge in [-0.05, 0) is 12.8 Å². The van der Waals surface area contributed by atoms with E-state index in [0.29, 0.717) is 19.8 Å². The summed E-state index contributed by atoms with van der Waals surface area (Å²) in [6, 6.07) is 0. The first-order chi connectivity index (χ1) is 8.42. The molecule has 106 valence electrons. The van der Waals surface area contributed by atoms with Gasteiger partial charge < -0.3 is 4.74 Å². The van der Waals surface area contributed by atoms with E-state index in [9.17, 15) is 16.8 Å². The lowest BCUT2D eigenvalue weighted by atomic mass is 10.3. The van der Waals surface area contributed by atoms with Crippen LogP contribution >= 0.6 is 0 Å². The van der Waals surface area contributed by atoms with Crippen molar-refractivity contribution in [2.24, 2.45) is 0 Å². The second-order valence-electron chi connectivity index (χ2n) is 4.76. The highest BCUT2D eigenvalue weighted by Gasteiger charge is 2.40. The SMILES string of the molecule is O=S1(=O)CCCS(=O)(=O)C1CCN1CCOCC1. The number of morpholine rings is 1. The predicted molar refractivity (Wildman–Crippen MR) is 67.9 cm³/mol. The first-order valence-corrected chi connectivity index (χ1v) is 9.58. The molecule has 0 aromatic rings. The second-order valence-corrected chi connectivity index (χ2v) is 9.66. The third-order valence-electron chi connectivity index (χ3n) is 3.44. The fourth-order valence-corrected chi connectivity index (χ4v) is 7.51. The van der Waals surface area contributed by atoms with Gasteiger partial charge in [-0.1, -0.05) is 0 Å². The van der Waals surface area contributed by atoms with Gasteiger partial charge in [-0.2, -0.15) is 0 Å². The summed E-state index contributed by atoms with van der Waals surface area (Å²) in [6.07, 6.45) is 0.420. The normalized spacial score (nSPS) is 29.1. The molecule has 2 heterocycles. The largest absolute Gasteiger partial charge is 0.379 e. The topological polar surface area (TPSA) is 80.8 Å². The zero-order chi connectivity index (χ0) is 13.2. The summed E-state index contributed by atoms with van der Waals surface area (Å²) in [5, 5.41) is 0. The minimum Gasteiger partial charge on any atom is -0.379 e. The van der Waals surface area contributed by atoms with Gasteiger partial charge in [0.05, 0.1) is 24.7 Å². The van der Waals surface area contributed by atoms with E-state index in [1.165, 1.54) is 0 Å². The summed E-state index contributed by atoms with van der Waals surface area (Å²) in [5.74, 6) is 0.0000154. The number of rotatable bonds is 3. The quantitative estimate of drug-likeness (QED) is 0.683. The zero-order valence-electron chi connectivity index (χ0n) is 10.2. The number of ether oxygens (including phenoxy) is 1. The van der Waals surface area contributed by atoms with Gasteiger partial charge in [0.15, 0.2) is 24.3 Å². The van der Waals surface area contributed by atoms with Gasteiger partial charge in [0.2, 0.25) is 0 Å². The van der Waals surface area contributed by atoms with Crippen LogP contribution in [0.2, 0.25) is 0 Å². The Labute approximate surface area is 108 Å². The maximum atomic E-state index is 11.8. The van der Waals surface area contributed by atoms with Crippen LogP contribution in [-0.4, -0.2) is 70.7 Å². The summed E-state index contributed by atoms with van der Waals surface area (Å²) >= 11 is 0. The monoisotopic (exact) mass is 297 g/mol. The fourth-order valence-electron chi connectivity index (χ4n) is 2.42. The average Bonchev–Trinajstić information content (AvgIpc) is 2.28. The molecule has 0 spiro atoms. The smallest absolute Gasteiger partial charge is 0.167 e. The van der Waals surface area contributed by atoms with Gasteiger partial charge in [-0.3, -0.25) is 4.90 Å². The van der Waals surface area contributed by atoms with E-state index in [4.69, 9.17) is 4.74 Å². The molecule has 2 aliphatic rings. The van der Waals surface area contributed by atoms with E-state index in [-0.39, 0.29) is 24.3 Å². The van der Waals surface area contributed by atoms with Crippen molar-refractivity contribution < 1.29 is 21.6 Å². The third-order valence-corrected chi connectivity index (χ3v) is 8.99. The van der Waals surface area contributed by atoms with Crippen LogP contribution in [0.1, 0.15) is 12.8 Å². The van der Waals surface area contributed by atoms with Crippen molar-refractivity contribution in [3.05, 3.63) is 0 Å². The second kappa shape index (κ2) is 5.44. The number of sulfone groups is 2. The van der Waals surface area contributed by atoms with Crippen molar-refractivity contribution in [3.63, 3.8) is 0 Å². The van der Waals surface area contributed by atoms with Crippen LogP contribution in [0.4, 0.5) is 0 Å². The molecule has 0 bridgehead atoms. The molecule has 0 saturated carbocycles. The number of hydrogen-bond acceptors (Lipinski definition) is 6. The first kappa shape index (κ1) is 14.2.